The molecular weight excluding hydrogens is 280 g/mol. The van der Waals surface area contributed by atoms with Crippen LogP contribution >= 0.6 is 0 Å². The molecular formula is C13H18N2O4S. The fourth-order valence-corrected chi connectivity index (χ4v) is 3.69. The van der Waals surface area contributed by atoms with Crippen LogP contribution in [0.2, 0.25) is 0 Å². The molecule has 1 aromatic rings. The average Bonchev–Trinajstić information content (AvgIpc) is 2.68. The van der Waals surface area contributed by atoms with Crippen molar-refractivity contribution in [1.82, 2.24) is 0 Å². The fourth-order valence-electron chi connectivity index (χ4n) is 2.15. The van der Waals surface area contributed by atoms with E-state index < -0.39 is 21.2 Å². The van der Waals surface area contributed by atoms with E-state index in [9.17, 15) is 13.2 Å². The van der Waals surface area contributed by atoms with Gasteiger partial charge in [0.05, 0.1) is 18.5 Å². The Morgan fingerprint density at radius 1 is 1.40 bits per heavy atom. The lowest BCUT2D eigenvalue weighted by Gasteiger charge is -2.26. The Balaban J connectivity index is 2.44. The van der Waals surface area contributed by atoms with Gasteiger partial charge in [-0.15, -0.1) is 0 Å². The number of anilines is 2. The van der Waals surface area contributed by atoms with Crippen molar-refractivity contribution in [3.05, 3.63) is 24.3 Å². The first-order valence-corrected chi connectivity index (χ1v) is 7.91. The van der Waals surface area contributed by atoms with Gasteiger partial charge in [-0.2, -0.15) is 0 Å². The summed E-state index contributed by atoms with van der Waals surface area (Å²) >= 11 is 0. The standard InChI is InChI=1S/C13H18N2O4S/c1-10(13(16)19-2)20(17,18)15-9-5-8-14-11-6-3-4-7-12(11)15/h3-4,6-7,10,14H,5,8-9H2,1-2H3. The average molecular weight is 298 g/mol. The smallest absolute Gasteiger partial charge is 0.325 e. The molecule has 1 N–H and O–H groups in total. The summed E-state index contributed by atoms with van der Waals surface area (Å²) in [4.78, 5) is 11.6. The van der Waals surface area contributed by atoms with Gasteiger partial charge in [0.15, 0.2) is 5.25 Å². The number of esters is 1. The van der Waals surface area contributed by atoms with Crippen molar-refractivity contribution in [1.29, 1.82) is 0 Å². The van der Waals surface area contributed by atoms with E-state index in [-0.39, 0.29) is 0 Å². The number of carbonyl (C=O) groups is 1. The largest absolute Gasteiger partial charge is 0.468 e. The highest BCUT2D eigenvalue weighted by Gasteiger charge is 2.36. The maximum atomic E-state index is 12.6. The first-order chi connectivity index (χ1) is 9.48. The summed E-state index contributed by atoms with van der Waals surface area (Å²) in [5.41, 5.74) is 1.33. The van der Waals surface area contributed by atoms with Crippen molar-refractivity contribution in [2.45, 2.75) is 18.6 Å². The summed E-state index contributed by atoms with van der Waals surface area (Å²) in [5.74, 6) is -0.750. The molecule has 0 bridgehead atoms. The molecule has 1 atom stereocenters. The zero-order valence-electron chi connectivity index (χ0n) is 11.5. The summed E-state index contributed by atoms with van der Waals surface area (Å²) in [5, 5.41) is 1.96. The third-order valence-corrected chi connectivity index (χ3v) is 5.39. The van der Waals surface area contributed by atoms with Crippen LogP contribution in [0, 0.1) is 0 Å². The van der Waals surface area contributed by atoms with Crippen molar-refractivity contribution in [2.24, 2.45) is 0 Å². The number of rotatable bonds is 3. The molecule has 1 aliphatic heterocycles. The summed E-state index contributed by atoms with van der Waals surface area (Å²) in [6.45, 7) is 2.38. The van der Waals surface area contributed by atoms with Crippen LogP contribution in [0.5, 0.6) is 0 Å². The Morgan fingerprint density at radius 2 is 2.10 bits per heavy atom. The van der Waals surface area contributed by atoms with Crippen molar-refractivity contribution in [2.75, 3.05) is 29.8 Å². The van der Waals surface area contributed by atoms with E-state index in [2.05, 4.69) is 10.1 Å². The normalized spacial score (nSPS) is 16.6. The predicted octanol–water partition coefficient (Wildman–Crippen LogP) is 1.20. The van der Waals surface area contributed by atoms with Crippen molar-refractivity contribution >= 4 is 27.4 Å². The number of para-hydroxylation sites is 2. The number of benzene rings is 1. The second-order valence-electron chi connectivity index (χ2n) is 4.58. The SMILES string of the molecule is COC(=O)C(C)S(=O)(=O)N1CCCNc2ccccc21. The second-order valence-corrected chi connectivity index (χ2v) is 6.76. The van der Waals surface area contributed by atoms with Gasteiger partial charge >= 0.3 is 5.97 Å². The number of nitrogens with zero attached hydrogens (tertiary/aromatic N) is 1. The highest BCUT2D eigenvalue weighted by Crippen LogP contribution is 2.31. The van der Waals surface area contributed by atoms with Gasteiger partial charge in [0.25, 0.3) is 0 Å². The second kappa shape index (κ2) is 5.70. The molecule has 1 unspecified atom stereocenters. The van der Waals surface area contributed by atoms with Crippen LogP contribution < -0.4 is 9.62 Å². The van der Waals surface area contributed by atoms with E-state index in [0.29, 0.717) is 25.2 Å². The van der Waals surface area contributed by atoms with Crippen LogP contribution in [-0.4, -0.2) is 39.8 Å². The van der Waals surface area contributed by atoms with Gasteiger partial charge in [-0.3, -0.25) is 9.10 Å². The summed E-state index contributed by atoms with van der Waals surface area (Å²) in [6, 6.07) is 7.17. The summed E-state index contributed by atoms with van der Waals surface area (Å²) in [6.07, 6.45) is 0.668. The maximum absolute atomic E-state index is 12.6. The van der Waals surface area contributed by atoms with Gasteiger partial charge < -0.3 is 10.1 Å². The summed E-state index contributed by atoms with van der Waals surface area (Å²) in [7, 11) is -2.60. The van der Waals surface area contributed by atoms with Gasteiger partial charge in [0.2, 0.25) is 10.0 Å². The Labute approximate surface area is 118 Å². The van der Waals surface area contributed by atoms with Crippen molar-refractivity contribution < 1.29 is 17.9 Å². The molecule has 1 heterocycles. The van der Waals surface area contributed by atoms with E-state index in [1.165, 1.54) is 18.3 Å². The van der Waals surface area contributed by atoms with Crippen LogP contribution in [0.25, 0.3) is 0 Å². The number of ether oxygens (including phenoxy) is 1. The molecule has 20 heavy (non-hydrogen) atoms. The number of carbonyl (C=O) groups excluding carboxylic acids is 1. The van der Waals surface area contributed by atoms with Gasteiger partial charge in [0.1, 0.15) is 0 Å². The van der Waals surface area contributed by atoms with E-state index in [4.69, 9.17) is 0 Å². The number of hydrogen-bond donors (Lipinski definition) is 1. The lowest BCUT2D eigenvalue weighted by Crippen LogP contribution is -2.42. The molecule has 1 aliphatic rings. The molecule has 0 spiro atoms. The molecule has 6 nitrogen and oxygen atoms in total. The monoisotopic (exact) mass is 298 g/mol. The zero-order valence-corrected chi connectivity index (χ0v) is 12.3. The van der Waals surface area contributed by atoms with E-state index in [1.807, 2.05) is 12.1 Å². The minimum atomic E-state index is -3.79. The van der Waals surface area contributed by atoms with Crippen LogP contribution in [0.3, 0.4) is 0 Å². The summed E-state index contributed by atoms with van der Waals surface area (Å²) < 4.78 is 31.0. The zero-order chi connectivity index (χ0) is 14.8. The molecule has 0 saturated carbocycles. The minimum Gasteiger partial charge on any atom is -0.468 e. The predicted molar refractivity (Wildman–Crippen MR) is 77.3 cm³/mol. The Hall–Kier alpha value is -1.76. The van der Waals surface area contributed by atoms with Crippen LogP contribution in [0.1, 0.15) is 13.3 Å². The highest BCUT2D eigenvalue weighted by atomic mass is 32.2. The van der Waals surface area contributed by atoms with E-state index in [0.717, 1.165) is 5.69 Å². The van der Waals surface area contributed by atoms with E-state index in [1.54, 1.807) is 12.1 Å². The van der Waals surface area contributed by atoms with Gasteiger partial charge in [-0.25, -0.2) is 8.42 Å². The van der Waals surface area contributed by atoms with Crippen LogP contribution in [0.15, 0.2) is 24.3 Å². The molecule has 0 saturated heterocycles. The van der Waals surface area contributed by atoms with Crippen LogP contribution in [0.4, 0.5) is 11.4 Å². The number of methoxy groups -OCH3 is 1. The molecule has 0 radical (unpaired) electrons. The maximum Gasteiger partial charge on any atom is 0.325 e. The number of sulfonamides is 1. The van der Waals surface area contributed by atoms with Crippen molar-refractivity contribution in [3.8, 4) is 0 Å². The topological polar surface area (TPSA) is 75.7 Å². The third kappa shape index (κ3) is 2.58. The Kier molecular flexibility index (Phi) is 4.17. The van der Waals surface area contributed by atoms with Crippen molar-refractivity contribution in [3.63, 3.8) is 0 Å². The lowest BCUT2D eigenvalue weighted by molar-refractivity contribution is -0.139. The molecule has 110 valence electrons. The first kappa shape index (κ1) is 14.6. The van der Waals surface area contributed by atoms with Gasteiger partial charge in [-0.05, 0) is 25.5 Å². The van der Waals surface area contributed by atoms with Gasteiger partial charge in [-0.1, -0.05) is 12.1 Å². The quantitative estimate of drug-likeness (QED) is 0.849. The number of nitrogens with one attached hydrogen (secondary N) is 1. The van der Waals surface area contributed by atoms with Gasteiger partial charge in [0, 0.05) is 13.1 Å². The lowest BCUT2D eigenvalue weighted by atomic mass is 10.2. The molecule has 0 fully saturated rings. The number of fused-ring (bicyclic) bond motifs is 1. The van der Waals surface area contributed by atoms with Crippen LogP contribution in [-0.2, 0) is 19.6 Å². The van der Waals surface area contributed by atoms with E-state index >= 15 is 0 Å². The number of hydrogen-bond acceptors (Lipinski definition) is 5. The molecule has 0 aromatic heterocycles. The third-order valence-electron chi connectivity index (χ3n) is 3.31. The fraction of sp³-hybridized carbons (Fsp3) is 0.462. The molecule has 0 aliphatic carbocycles. The molecule has 2 rings (SSSR count). The molecule has 7 heteroatoms. The molecule has 1 aromatic carbocycles. The first-order valence-electron chi connectivity index (χ1n) is 6.40. The Bertz CT molecular complexity index is 600. The minimum absolute atomic E-state index is 0.341. The Morgan fingerprint density at radius 3 is 2.80 bits per heavy atom. The molecule has 0 amide bonds. The highest BCUT2D eigenvalue weighted by molar-refractivity contribution is 7.94.